The van der Waals surface area contributed by atoms with E-state index in [0.29, 0.717) is 0 Å². The fourth-order valence-electron chi connectivity index (χ4n) is 1.63. The molecule has 1 aromatic carbocycles. The Bertz CT molecular complexity index is 622. The molecule has 19 heavy (non-hydrogen) atoms. The quantitative estimate of drug-likeness (QED) is 0.802. The van der Waals surface area contributed by atoms with Gasteiger partial charge in [-0.15, -0.1) is 0 Å². The normalized spacial score (nSPS) is 10.2. The van der Waals surface area contributed by atoms with Crippen molar-refractivity contribution in [2.45, 2.75) is 0 Å². The summed E-state index contributed by atoms with van der Waals surface area (Å²) >= 11 is 0. The van der Waals surface area contributed by atoms with E-state index in [2.05, 4.69) is 5.43 Å². The number of ketones is 1. The molecular weight excluding hydrogens is 249 g/mol. The maximum Gasteiger partial charge on any atom is 0.252 e. The van der Waals surface area contributed by atoms with Crippen LogP contribution in [0, 0.1) is 5.82 Å². The van der Waals surface area contributed by atoms with Gasteiger partial charge >= 0.3 is 0 Å². The molecule has 5 nitrogen and oxygen atoms in total. The van der Waals surface area contributed by atoms with Crippen molar-refractivity contribution in [3.8, 4) is 0 Å². The average molecular weight is 261 g/mol. The lowest BCUT2D eigenvalue weighted by molar-refractivity contribution is -0.115. The summed E-state index contributed by atoms with van der Waals surface area (Å²) in [4.78, 5) is 23.4. The summed E-state index contributed by atoms with van der Waals surface area (Å²) < 4.78 is 14.8. The van der Waals surface area contributed by atoms with Gasteiger partial charge in [-0.1, -0.05) is 12.1 Å². The van der Waals surface area contributed by atoms with Gasteiger partial charge in [0.05, 0.1) is 12.1 Å². The van der Waals surface area contributed by atoms with E-state index in [4.69, 9.17) is 5.73 Å². The lowest BCUT2D eigenvalue weighted by atomic mass is 10.1. The number of halogens is 1. The third-order valence-corrected chi connectivity index (χ3v) is 2.53. The van der Waals surface area contributed by atoms with Crippen molar-refractivity contribution in [2.24, 2.45) is 5.73 Å². The summed E-state index contributed by atoms with van der Waals surface area (Å²) in [6, 6.07) is 8.73. The molecule has 0 bridgehead atoms. The van der Waals surface area contributed by atoms with Crippen LogP contribution < -0.4 is 11.2 Å². The molecule has 0 saturated carbocycles. The lowest BCUT2D eigenvalue weighted by Crippen LogP contribution is -2.30. The number of aromatic nitrogens is 1. The van der Waals surface area contributed by atoms with Gasteiger partial charge in [0.1, 0.15) is 11.5 Å². The zero-order chi connectivity index (χ0) is 13.8. The molecule has 0 aliphatic rings. The van der Waals surface area contributed by atoms with E-state index < -0.39 is 17.5 Å². The van der Waals surface area contributed by atoms with Crippen molar-refractivity contribution in [1.29, 1.82) is 0 Å². The molecule has 2 rings (SSSR count). The summed E-state index contributed by atoms with van der Waals surface area (Å²) in [5, 5.41) is 0. The number of nitrogens with one attached hydrogen (secondary N) is 1. The molecule has 3 N–H and O–H groups in total. The van der Waals surface area contributed by atoms with E-state index in [-0.39, 0.29) is 17.8 Å². The third kappa shape index (κ3) is 2.69. The first kappa shape index (κ1) is 13.0. The predicted octanol–water partition coefficient (Wildman–Crippen LogP) is 0.887. The van der Waals surface area contributed by atoms with Gasteiger partial charge in [0.2, 0.25) is 5.78 Å². The van der Waals surface area contributed by atoms with Crippen LogP contribution in [0.3, 0.4) is 0 Å². The molecule has 0 fully saturated rings. The molecule has 1 amide bonds. The highest BCUT2D eigenvalue weighted by Crippen LogP contribution is 2.13. The van der Waals surface area contributed by atoms with Gasteiger partial charge in [0.15, 0.2) is 0 Å². The van der Waals surface area contributed by atoms with Crippen LogP contribution in [0.1, 0.15) is 16.1 Å². The topological polar surface area (TPSA) is 77.1 Å². The molecule has 0 spiro atoms. The largest absolute Gasteiger partial charge is 0.322 e. The first-order chi connectivity index (χ1) is 9.13. The number of carbonyl (C=O) groups is 2. The van der Waals surface area contributed by atoms with Crippen molar-refractivity contribution >= 4 is 11.7 Å². The Morgan fingerprint density at radius 2 is 1.95 bits per heavy atom. The number of rotatable bonds is 4. The van der Waals surface area contributed by atoms with Crippen LogP contribution in [0.4, 0.5) is 4.39 Å². The Morgan fingerprint density at radius 1 is 1.21 bits per heavy atom. The third-order valence-electron chi connectivity index (χ3n) is 2.53. The average Bonchev–Trinajstić information content (AvgIpc) is 2.86. The van der Waals surface area contributed by atoms with E-state index in [9.17, 15) is 14.0 Å². The summed E-state index contributed by atoms with van der Waals surface area (Å²) in [5.74, 6) is -1.57. The maximum absolute atomic E-state index is 13.6. The van der Waals surface area contributed by atoms with Crippen LogP contribution in [0.15, 0.2) is 42.6 Å². The zero-order valence-electron chi connectivity index (χ0n) is 9.97. The van der Waals surface area contributed by atoms with Crippen LogP contribution >= 0.6 is 0 Å². The molecule has 6 heteroatoms. The van der Waals surface area contributed by atoms with Crippen molar-refractivity contribution in [3.63, 3.8) is 0 Å². The minimum Gasteiger partial charge on any atom is -0.322 e. The molecule has 0 aliphatic carbocycles. The van der Waals surface area contributed by atoms with Gasteiger partial charge in [0.25, 0.3) is 5.91 Å². The van der Waals surface area contributed by atoms with Crippen LogP contribution in [0.5, 0.6) is 0 Å². The van der Waals surface area contributed by atoms with Gasteiger partial charge in [-0.2, -0.15) is 0 Å². The van der Waals surface area contributed by atoms with Gasteiger partial charge in [0, 0.05) is 6.20 Å². The molecule has 0 aliphatic heterocycles. The molecule has 98 valence electrons. The van der Waals surface area contributed by atoms with Crippen LogP contribution in [-0.4, -0.2) is 22.9 Å². The van der Waals surface area contributed by atoms with E-state index in [1.54, 1.807) is 12.1 Å². The van der Waals surface area contributed by atoms with Gasteiger partial charge < -0.3 is 5.73 Å². The molecular formula is C13H12FN3O2. The second-order valence-electron chi connectivity index (χ2n) is 3.81. The van der Waals surface area contributed by atoms with Gasteiger partial charge in [-0.25, -0.2) is 4.39 Å². The van der Waals surface area contributed by atoms with Crippen LogP contribution in [0.2, 0.25) is 0 Å². The molecule has 0 unspecified atom stereocenters. The predicted molar refractivity (Wildman–Crippen MR) is 67.7 cm³/mol. The smallest absolute Gasteiger partial charge is 0.252 e. The standard InChI is InChI=1S/C13H12FN3O2/c14-10-5-2-1-4-9(10)13(19)11-6-3-7-17(11)16-12(18)8-15/h1-7H,8,15H2,(H,16,18). The van der Waals surface area contributed by atoms with E-state index >= 15 is 0 Å². The molecule has 0 radical (unpaired) electrons. The SMILES string of the molecule is NCC(=O)Nn1cccc1C(=O)c1ccccc1F. The summed E-state index contributed by atoms with van der Waals surface area (Å²) in [7, 11) is 0. The second kappa shape index (κ2) is 5.45. The van der Waals surface area contributed by atoms with E-state index in [1.165, 1.54) is 35.1 Å². The Balaban J connectivity index is 2.33. The highest BCUT2D eigenvalue weighted by Gasteiger charge is 2.17. The summed E-state index contributed by atoms with van der Waals surface area (Å²) in [6.45, 7) is -0.203. The molecule has 0 saturated heterocycles. The number of nitrogens with two attached hydrogens (primary N) is 1. The van der Waals surface area contributed by atoms with Crippen molar-refractivity contribution in [2.75, 3.05) is 12.0 Å². The number of benzene rings is 1. The number of nitrogens with zero attached hydrogens (tertiary/aromatic N) is 1. The Morgan fingerprint density at radius 3 is 2.63 bits per heavy atom. The fraction of sp³-hybridized carbons (Fsp3) is 0.0769. The number of hydrogen-bond donors (Lipinski definition) is 2. The van der Waals surface area contributed by atoms with Crippen LogP contribution in [-0.2, 0) is 4.79 Å². The Labute approximate surface area is 108 Å². The Kier molecular flexibility index (Phi) is 3.72. The van der Waals surface area contributed by atoms with Gasteiger partial charge in [-0.3, -0.25) is 19.7 Å². The molecule has 2 aromatic rings. The van der Waals surface area contributed by atoms with Crippen molar-refractivity contribution < 1.29 is 14.0 Å². The van der Waals surface area contributed by atoms with Crippen molar-refractivity contribution in [3.05, 3.63) is 59.7 Å². The minimum atomic E-state index is -0.606. The number of hydrogen-bond acceptors (Lipinski definition) is 3. The molecule has 1 aromatic heterocycles. The number of amides is 1. The van der Waals surface area contributed by atoms with E-state index in [1.807, 2.05) is 0 Å². The first-order valence-electron chi connectivity index (χ1n) is 5.60. The zero-order valence-corrected chi connectivity index (χ0v) is 9.97. The lowest BCUT2D eigenvalue weighted by Gasteiger charge is -2.09. The molecule has 0 atom stereocenters. The first-order valence-corrected chi connectivity index (χ1v) is 5.60. The highest BCUT2D eigenvalue weighted by atomic mass is 19.1. The highest BCUT2D eigenvalue weighted by molar-refractivity contribution is 6.08. The summed E-state index contributed by atoms with van der Waals surface area (Å²) in [6.07, 6.45) is 1.49. The molecule has 1 heterocycles. The summed E-state index contributed by atoms with van der Waals surface area (Å²) in [5.41, 5.74) is 7.71. The van der Waals surface area contributed by atoms with Crippen LogP contribution in [0.25, 0.3) is 0 Å². The van der Waals surface area contributed by atoms with E-state index in [0.717, 1.165) is 0 Å². The van der Waals surface area contributed by atoms with Crippen molar-refractivity contribution in [1.82, 2.24) is 4.68 Å². The van der Waals surface area contributed by atoms with Gasteiger partial charge in [-0.05, 0) is 24.3 Å². The Hall–Kier alpha value is -2.47. The monoisotopic (exact) mass is 261 g/mol. The second-order valence-corrected chi connectivity index (χ2v) is 3.81. The fourth-order valence-corrected chi connectivity index (χ4v) is 1.63. The maximum atomic E-state index is 13.6. The minimum absolute atomic E-state index is 0.0514. The number of carbonyl (C=O) groups excluding carboxylic acids is 2.